The van der Waals surface area contributed by atoms with Crippen LogP contribution >= 0.6 is 23.2 Å². The van der Waals surface area contributed by atoms with Crippen LogP contribution in [0.1, 0.15) is 70.4 Å². The summed E-state index contributed by atoms with van der Waals surface area (Å²) in [7, 11) is 2.68. The smallest absolute Gasteiger partial charge is 0.444 e. The number of nitrogens with two attached hydrogens (primary N) is 2. The Morgan fingerprint density at radius 3 is 1.21 bits per heavy atom. The van der Waals surface area contributed by atoms with Crippen LogP contribution in [0.4, 0.5) is 22.7 Å². The number of piperidine rings is 2. The lowest BCUT2D eigenvalue weighted by Crippen LogP contribution is -2.52. The molecule has 4 amide bonds. The van der Waals surface area contributed by atoms with Crippen molar-refractivity contribution in [3.8, 4) is 11.5 Å². The number of benzene rings is 4. The lowest BCUT2D eigenvalue weighted by Gasteiger charge is -2.39. The molecule has 20 nitrogen and oxygen atoms in total. The van der Waals surface area contributed by atoms with Gasteiger partial charge in [-0.1, -0.05) is 59.6 Å². The summed E-state index contributed by atoms with van der Waals surface area (Å²) in [5.74, 6) is -4.68. The number of nitrogens with zero attached hydrogens (tertiary/aromatic N) is 8. The molecule has 0 spiro atoms. The molecular weight excluding hydrogens is 1040 g/mol. The van der Waals surface area contributed by atoms with Gasteiger partial charge in [-0.25, -0.2) is 9.59 Å². The van der Waals surface area contributed by atoms with E-state index in [-0.39, 0.29) is 55.9 Å². The normalized spacial score (nSPS) is 16.8. The van der Waals surface area contributed by atoms with Crippen molar-refractivity contribution in [2.45, 2.75) is 64.5 Å². The number of halogens is 2. The van der Waals surface area contributed by atoms with Crippen molar-refractivity contribution >= 4 is 81.5 Å². The molecule has 0 aliphatic carbocycles. The third kappa shape index (κ3) is 13.6. The number of hydrogen-bond donors (Lipinski definition) is 2. The number of methoxy groups -OCH3 is 2. The first kappa shape index (κ1) is 57.2. The molecule has 22 heteroatoms. The van der Waals surface area contributed by atoms with Crippen LogP contribution in [0.25, 0.3) is 0 Å². The lowest BCUT2D eigenvalue weighted by atomic mass is 10.0. The fourth-order valence-corrected chi connectivity index (χ4v) is 11.0. The van der Waals surface area contributed by atoms with E-state index >= 15 is 0 Å². The Kier molecular flexibility index (Phi) is 19.1. The number of anilines is 4. The molecule has 0 aromatic heterocycles. The predicted molar refractivity (Wildman–Crippen MR) is 297 cm³/mol. The minimum absolute atomic E-state index is 0.0403. The van der Waals surface area contributed by atoms with E-state index in [1.807, 2.05) is 34.1 Å². The van der Waals surface area contributed by atoms with Crippen LogP contribution in [0.3, 0.4) is 0 Å². The summed E-state index contributed by atoms with van der Waals surface area (Å²) in [5.41, 5.74) is 16.9. The van der Waals surface area contributed by atoms with Gasteiger partial charge in [-0.3, -0.25) is 19.2 Å². The average molecular weight is 1110 g/mol. The van der Waals surface area contributed by atoms with Crippen molar-refractivity contribution in [1.82, 2.24) is 29.7 Å². The Bertz CT molecular complexity index is 2640. The first-order valence-electron chi connectivity index (χ1n) is 26.5. The zero-order chi connectivity index (χ0) is 55.6. The van der Waals surface area contributed by atoms with Crippen molar-refractivity contribution in [2.75, 3.05) is 127 Å². The van der Waals surface area contributed by atoms with Crippen molar-refractivity contribution in [1.29, 1.82) is 0 Å². The van der Waals surface area contributed by atoms with Gasteiger partial charge in [0, 0.05) is 128 Å². The Labute approximate surface area is 465 Å². The highest BCUT2D eigenvalue weighted by Gasteiger charge is 2.40. The van der Waals surface area contributed by atoms with Gasteiger partial charge in [0.2, 0.25) is 11.8 Å². The third-order valence-corrected chi connectivity index (χ3v) is 15.9. The predicted octanol–water partition coefficient (Wildman–Crippen LogP) is 5.70. The molecule has 0 atom stereocenters. The number of rotatable bonds is 14. The van der Waals surface area contributed by atoms with Crippen LogP contribution in [0.15, 0.2) is 72.8 Å². The molecule has 4 N–H and O–H groups in total. The third-order valence-electron chi connectivity index (χ3n) is 15.3. The zero-order valence-electron chi connectivity index (χ0n) is 44.8. The van der Waals surface area contributed by atoms with Crippen LogP contribution in [-0.2, 0) is 28.9 Å². The number of hydroxylamine groups is 4. The first-order chi connectivity index (χ1) is 37.5. The van der Waals surface area contributed by atoms with Crippen LogP contribution < -0.4 is 30.7 Å². The summed E-state index contributed by atoms with van der Waals surface area (Å²) in [6.45, 7) is 12.2. The molecule has 4 aliphatic rings. The van der Waals surface area contributed by atoms with Crippen LogP contribution in [-0.4, -0.2) is 183 Å². The highest BCUT2D eigenvalue weighted by atomic mass is 35.5. The molecule has 4 aromatic carbocycles. The number of nitrogen functional groups attached to an aromatic ring is 2. The summed E-state index contributed by atoms with van der Waals surface area (Å²) in [4.78, 5) is 108. The van der Waals surface area contributed by atoms with Gasteiger partial charge in [-0.05, 0) is 74.9 Å². The van der Waals surface area contributed by atoms with Crippen LogP contribution in [0.2, 0.25) is 10.0 Å². The minimum Gasteiger partial charge on any atom is -0.496 e. The van der Waals surface area contributed by atoms with E-state index in [2.05, 4.69) is 57.7 Å². The molecule has 0 bridgehead atoms. The maximum absolute atomic E-state index is 14.6. The Morgan fingerprint density at radius 1 is 0.526 bits per heavy atom. The SMILES string of the molecule is COc1cc(N)c(Cl)cc1C(=O)N(OC(=O)C(=O)ON(C(=O)c1cc(Cl)c(N)cc1OC)C1CCN(CCC(=O)N2CCN(c3ccccc3C)CC2)CC1)C1CCN(CCC(=O)N2CCN(c3ccccc3C)CC2)CC1. The topological polar surface area (TPSA) is 217 Å². The lowest BCUT2D eigenvalue weighted by molar-refractivity contribution is -0.215. The van der Waals surface area contributed by atoms with Crippen molar-refractivity contribution in [2.24, 2.45) is 0 Å². The molecule has 0 saturated carbocycles. The second-order valence-corrected chi connectivity index (χ2v) is 20.9. The van der Waals surface area contributed by atoms with Gasteiger partial charge in [0.25, 0.3) is 11.8 Å². The summed E-state index contributed by atoms with van der Waals surface area (Å²) < 4.78 is 11.0. The first-order valence-corrected chi connectivity index (χ1v) is 27.3. The quantitative estimate of drug-likeness (QED) is 0.0880. The Balaban J connectivity index is 0.914. The van der Waals surface area contributed by atoms with Crippen molar-refractivity contribution in [3.63, 3.8) is 0 Å². The fourth-order valence-electron chi connectivity index (χ4n) is 10.7. The number of likely N-dealkylation sites (tertiary alicyclic amines) is 2. The van der Waals surface area contributed by atoms with Gasteiger partial charge in [0.05, 0.1) is 58.9 Å². The molecule has 0 unspecified atom stereocenters. The second-order valence-electron chi connectivity index (χ2n) is 20.1. The maximum atomic E-state index is 14.6. The van der Waals surface area contributed by atoms with E-state index in [4.69, 9.17) is 53.8 Å². The Hall–Kier alpha value is -7.00. The molecule has 0 radical (unpaired) electrons. The van der Waals surface area contributed by atoms with E-state index in [1.54, 1.807) is 0 Å². The highest BCUT2D eigenvalue weighted by Crippen LogP contribution is 2.34. The summed E-state index contributed by atoms with van der Waals surface area (Å²) in [5, 5.41) is 1.73. The number of amides is 4. The Morgan fingerprint density at radius 2 is 0.872 bits per heavy atom. The molecule has 4 saturated heterocycles. The van der Waals surface area contributed by atoms with E-state index in [9.17, 15) is 28.8 Å². The molecule has 418 valence electrons. The van der Waals surface area contributed by atoms with E-state index in [0.717, 1.165) is 36.3 Å². The fraction of sp³-hybridized carbons (Fsp3) is 0.464. The minimum atomic E-state index is -1.59. The number of aryl methyl sites for hydroxylation is 2. The number of carbonyl (C=O) groups is 6. The van der Waals surface area contributed by atoms with Crippen molar-refractivity contribution in [3.05, 3.63) is 105 Å². The monoisotopic (exact) mass is 1110 g/mol. The number of ether oxygens (including phenoxy) is 2. The van der Waals surface area contributed by atoms with Crippen molar-refractivity contribution < 1.29 is 47.9 Å². The molecule has 4 fully saturated rings. The standard InChI is InChI=1S/C56H70Cl2N10O10/c1-37-9-5-7-11-47(37)63-25-29-65(30-26-63)51(69)17-23-61-19-13-39(14-20-61)67(53(71)41-33-43(57)45(59)35-49(41)75-3)77-55(73)56(74)78-68(54(72)42-34-44(58)46(60)36-50(42)76-4)40-15-21-62(22-16-40)24-18-52(70)66-31-27-64(28-32-66)48-12-8-6-10-38(48)2/h5-12,33-36,39-40H,13-32,59-60H2,1-4H3. The summed E-state index contributed by atoms with van der Waals surface area (Å²) in [6.07, 6.45) is 1.77. The number of piperazine rings is 2. The molecule has 4 aliphatic heterocycles. The van der Waals surface area contributed by atoms with Crippen LogP contribution in [0, 0.1) is 13.8 Å². The van der Waals surface area contributed by atoms with E-state index < -0.39 is 35.8 Å². The zero-order valence-corrected chi connectivity index (χ0v) is 46.3. The molecular formula is C56H70Cl2N10O10. The highest BCUT2D eigenvalue weighted by molar-refractivity contribution is 6.34. The van der Waals surface area contributed by atoms with Gasteiger partial charge in [-0.15, -0.1) is 0 Å². The van der Waals surface area contributed by atoms with Gasteiger partial charge in [-0.2, -0.15) is 10.1 Å². The van der Waals surface area contributed by atoms with Gasteiger partial charge in [0.15, 0.2) is 0 Å². The molecule has 78 heavy (non-hydrogen) atoms. The molecule has 4 heterocycles. The van der Waals surface area contributed by atoms with Gasteiger partial charge in [0.1, 0.15) is 11.5 Å². The number of hydrogen-bond acceptors (Lipinski definition) is 16. The molecule has 4 aromatic rings. The van der Waals surface area contributed by atoms with Gasteiger partial charge < -0.3 is 60.0 Å². The average Bonchev–Trinajstić information content (AvgIpc) is 3.52. The summed E-state index contributed by atoms with van der Waals surface area (Å²) in [6, 6.07) is 20.3. The summed E-state index contributed by atoms with van der Waals surface area (Å²) >= 11 is 12.8. The van der Waals surface area contributed by atoms with Crippen LogP contribution in [0.5, 0.6) is 11.5 Å². The number of carbonyl (C=O) groups excluding carboxylic acids is 6. The van der Waals surface area contributed by atoms with Gasteiger partial charge >= 0.3 is 11.9 Å². The number of para-hydroxylation sites is 2. The second kappa shape index (κ2) is 26.1. The van der Waals surface area contributed by atoms with E-state index in [0.29, 0.717) is 104 Å². The molecule has 8 rings (SSSR count). The maximum Gasteiger partial charge on any atom is 0.444 e. The largest absolute Gasteiger partial charge is 0.496 e. The van der Waals surface area contributed by atoms with E-state index in [1.165, 1.54) is 61.0 Å².